The van der Waals surface area contributed by atoms with Gasteiger partial charge in [-0.05, 0) is 24.6 Å². The normalized spacial score (nSPS) is 16.4. The van der Waals surface area contributed by atoms with Crippen LogP contribution < -0.4 is 9.47 Å². The summed E-state index contributed by atoms with van der Waals surface area (Å²) in [4.78, 5) is 0. The molecule has 1 unspecified atom stereocenters. The topological polar surface area (TPSA) is 38.7 Å². The van der Waals surface area contributed by atoms with Crippen molar-refractivity contribution in [2.24, 2.45) is 0 Å². The number of rotatable bonds is 1. The molecule has 1 aliphatic rings. The van der Waals surface area contributed by atoms with Gasteiger partial charge in [-0.1, -0.05) is 0 Å². The highest BCUT2D eigenvalue weighted by molar-refractivity contribution is 5.54. The zero-order chi connectivity index (χ0) is 10.1. The van der Waals surface area contributed by atoms with E-state index in [0.29, 0.717) is 30.3 Å². The molecule has 0 amide bonds. The summed E-state index contributed by atoms with van der Waals surface area (Å²) in [6.07, 6.45) is -1.13. The van der Waals surface area contributed by atoms with Crippen molar-refractivity contribution < 1.29 is 19.0 Å². The van der Waals surface area contributed by atoms with Crippen molar-refractivity contribution in [2.75, 3.05) is 13.2 Å². The van der Waals surface area contributed by atoms with Crippen molar-refractivity contribution in [1.29, 1.82) is 0 Å². The summed E-state index contributed by atoms with van der Waals surface area (Å²) < 4.78 is 23.4. The third-order valence-electron chi connectivity index (χ3n) is 2.10. The van der Waals surface area contributed by atoms with E-state index in [1.165, 1.54) is 13.0 Å². The molecule has 4 heteroatoms. The van der Waals surface area contributed by atoms with Gasteiger partial charge in [0.1, 0.15) is 19.4 Å². The van der Waals surface area contributed by atoms with Gasteiger partial charge in [0, 0.05) is 0 Å². The average molecular weight is 198 g/mol. The first kappa shape index (κ1) is 9.12. The number of fused-ring (bicyclic) bond motifs is 1. The number of phenols is 1. The summed E-state index contributed by atoms with van der Waals surface area (Å²) in [6.45, 7) is 2.24. The molecular weight excluding hydrogens is 187 g/mol. The molecule has 2 rings (SSSR count). The van der Waals surface area contributed by atoms with Crippen LogP contribution in [0.2, 0.25) is 0 Å². The monoisotopic (exact) mass is 198 g/mol. The highest BCUT2D eigenvalue weighted by Crippen LogP contribution is 2.41. The highest BCUT2D eigenvalue weighted by Gasteiger charge is 2.18. The van der Waals surface area contributed by atoms with Crippen molar-refractivity contribution in [3.63, 3.8) is 0 Å². The minimum Gasteiger partial charge on any atom is -0.504 e. The molecule has 1 aromatic rings. The fourth-order valence-electron chi connectivity index (χ4n) is 1.39. The number of hydrogen-bond acceptors (Lipinski definition) is 3. The van der Waals surface area contributed by atoms with Gasteiger partial charge in [-0.3, -0.25) is 0 Å². The Morgan fingerprint density at radius 2 is 2.07 bits per heavy atom. The second-order valence-corrected chi connectivity index (χ2v) is 3.18. The van der Waals surface area contributed by atoms with Crippen LogP contribution in [0.4, 0.5) is 4.39 Å². The maximum Gasteiger partial charge on any atom is 0.203 e. The number of alkyl halides is 1. The van der Waals surface area contributed by atoms with E-state index in [2.05, 4.69) is 0 Å². The number of halogens is 1. The molecule has 0 bridgehead atoms. The van der Waals surface area contributed by atoms with Crippen molar-refractivity contribution >= 4 is 0 Å². The molecule has 14 heavy (non-hydrogen) atoms. The van der Waals surface area contributed by atoms with Gasteiger partial charge < -0.3 is 14.6 Å². The second kappa shape index (κ2) is 3.36. The first-order chi connectivity index (χ1) is 6.68. The predicted octanol–water partition coefficient (Wildman–Crippen LogP) is 2.19. The van der Waals surface area contributed by atoms with Crippen molar-refractivity contribution in [1.82, 2.24) is 0 Å². The smallest absolute Gasteiger partial charge is 0.203 e. The minimum atomic E-state index is -1.13. The largest absolute Gasteiger partial charge is 0.504 e. The standard InChI is InChI=1S/C10H11FO3/c1-6(11)7-4-8(12)10-9(5-7)13-2-3-14-10/h4-6,12H,2-3H2,1H3. The fraction of sp³-hybridized carbons (Fsp3) is 0.400. The predicted molar refractivity (Wildman–Crippen MR) is 48.6 cm³/mol. The van der Waals surface area contributed by atoms with E-state index in [1.54, 1.807) is 6.07 Å². The maximum atomic E-state index is 13.0. The van der Waals surface area contributed by atoms with Crippen LogP contribution in [-0.2, 0) is 0 Å². The van der Waals surface area contributed by atoms with Gasteiger partial charge in [0.2, 0.25) is 5.75 Å². The lowest BCUT2D eigenvalue weighted by atomic mass is 10.1. The number of benzene rings is 1. The Kier molecular flexibility index (Phi) is 2.19. The molecule has 0 fully saturated rings. The summed E-state index contributed by atoms with van der Waals surface area (Å²) >= 11 is 0. The van der Waals surface area contributed by atoms with Crippen LogP contribution in [0, 0.1) is 0 Å². The molecule has 0 spiro atoms. The number of aromatic hydroxyl groups is 1. The quantitative estimate of drug-likeness (QED) is 0.751. The summed E-state index contributed by atoms with van der Waals surface area (Å²) in [6, 6.07) is 2.91. The van der Waals surface area contributed by atoms with Crippen molar-refractivity contribution in [2.45, 2.75) is 13.1 Å². The van der Waals surface area contributed by atoms with E-state index in [1.807, 2.05) is 0 Å². The summed E-state index contributed by atoms with van der Waals surface area (Å²) in [5.74, 6) is 0.651. The van der Waals surface area contributed by atoms with Crippen LogP contribution in [0.3, 0.4) is 0 Å². The molecule has 1 aliphatic heterocycles. The van der Waals surface area contributed by atoms with Gasteiger partial charge in [0.05, 0.1) is 0 Å². The van der Waals surface area contributed by atoms with Gasteiger partial charge in [-0.15, -0.1) is 0 Å². The van der Waals surface area contributed by atoms with Crippen LogP contribution in [0.1, 0.15) is 18.7 Å². The molecule has 1 atom stereocenters. The van der Waals surface area contributed by atoms with Crippen LogP contribution in [-0.4, -0.2) is 18.3 Å². The molecular formula is C10H11FO3. The van der Waals surface area contributed by atoms with Crippen LogP contribution in [0.15, 0.2) is 12.1 Å². The lowest BCUT2D eigenvalue weighted by Gasteiger charge is -2.20. The lowest BCUT2D eigenvalue weighted by Crippen LogP contribution is -2.15. The third kappa shape index (κ3) is 1.47. The van der Waals surface area contributed by atoms with Gasteiger partial charge in [-0.2, -0.15) is 0 Å². The first-order valence-corrected chi connectivity index (χ1v) is 4.45. The third-order valence-corrected chi connectivity index (χ3v) is 2.10. The van der Waals surface area contributed by atoms with E-state index in [9.17, 15) is 9.50 Å². The molecule has 1 aromatic carbocycles. The van der Waals surface area contributed by atoms with Gasteiger partial charge >= 0.3 is 0 Å². The Bertz CT molecular complexity index is 349. The Balaban J connectivity index is 2.46. The molecule has 0 radical (unpaired) electrons. The van der Waals surface area contributed by atoms with Crippen molar-refractivity contribution in [3.8, 4) is 17.2 Å². The summed E-state index contributed by atoms with van der Waals surface area (Å²) in [7, 11) is 0. The Morgan fingerprint density at radius 3 is 2.79 bits per heavy atom. The van der Waals surface area contributed by atoms with Crippen LogP contribution >= 0.6 is 0 Å². The van der Waals surface area contributed by atoms with E-state index in [-0.39, 0.29) is 5.75 Å². The number of hydrogen-bond donors (Lipinski definition) is 1. The lowest BCUT2D eigenvalue weighted by molar-refractivity contribution is 0.165. The van der Waals surface area contributed by atoms with E-state index >= 15 is 0 Å². The van der Waals surface area contributed by atoms with Crippen LogP contribution in [0.5, 0.6) is 17.2 Å². The average Bonchev–Trinajstić information content (AvgIpc) is 2.17. The molecule has 0 saturated carbocycles. The maximum absolute atomic E-state index is 13.0. The number of ether oxygens (including phenoxy) is 2. The molecule has 1 heterocycles. The second-order valence-electron chi connectivity index (χ2n) is 3.18. The molecule has 3 nitrogen and oxygen atoms in total. The minimum absolute atomic E-state index is 0.0679. The molecule has 1 N–H and O–H groups in total. The zero-order valence-corrected chi connectivity index (χ0v) is 7.79. The Morgan fingerprint density at radius 1 is 1.36 bits per heavy atom. The molecule has 0 aromatic heterocycles. The SMILES string of the molecule is CC(F)c1cc(O)c2c(c1)OCCO2. The highest BCUT2D eigenvalue weighted by atomic mass is 19.1. The number of phenolic OH excluding ortho intramolecular Hbond substituents is 1. The fourth-order valence-corrected chi connectivity index (χ4v) is 1.39. The molecule has 0 aliphatic carbocycles. The zero-order valence-electron chi connectivity index (χ0n) is 7.79. The Hall–Kier alpha value is -1.45. The van der Waals surface area contributed by atoms with E-state index in [4.69, 9.17) is 9.47 Å². The van der Waals surface area contributed by atoms with Gasteiger partial charge in [0.15, 0.2) is 11.5 Å². The van der Waals surface area contributed by atoms with E-state index in [0.717, 1.165) is 0 Å². The Labute approximate surface area is 81.1 Å². The summed E-state index contributed by atoms with van der Waals surface area (Å²) in [5.41, 5.74) is 0.395. The van der Waals surface area contributed by atoms with Gasteiger partial charge in [0.25, 0.3) is 0 Å². The van der Waals surface area contributed by atoms with Gasteiger partial charge in [-0.25, -0.2) is 4.39 Å². The first-order valence-electron chi connectivity index (χ1n) is 4.45. The van der Waals surface area contributed by atoms with E-state index < -0.39 is 6.17 Å². The summed E-state index contributed by atoms with van der Waals surface area (Å²) in [5, 5.41) is 9.51. The molecule has 0 saturated heterocycles. The van der Waals surface area contributed by atoms with Crippen molar-refractivity contribution in [3.05, 3.63) is 17.7 Å². The van der Waals surface area contributed by atoms with Crippen LogP contribution in [0.25, 0.3) is 0 Å². The molecule has 76 valence electrons.